The van der Waals surface area contributed by atoms with Crippen molar-refractivity contribution < 1.29 is 4.92 Å². The molecular formula is C28H32N2O2S. The molecule has 4 nitrogen and oxygen atoms in total. The quantitative estimate of drug-likeness (QED) is 0.201. The summed E-state index contributed by atoms with van der Waals surface area (Å²) in [5, 5.41) is 10.8. The average Bonchev–Trinajstić information content (AvgIpc) is 3.30. The predicted molar refractivity (Wildman–Crippen MR) is 144 cm³/mol. The van der Waals surface area contributed by atoms with Crippen LogP contribution in [0.3, 0.4) is 0 Å². The number of nitro groups is 1. The molecule has 0 fully saturated rings. The summed E-state index contributed by atoms with van der Waals surface area (Å²) in [6.45, 7) is 6.73. The molecule has 0 atom stereocenters. The minimum Gasteiger partial charge on any atom is -0.372 e. The van der Waals surface area contributed by atoms with Crippen molar-refractivity contribution in [3.8, 4) is 0 Å². The Hall–Kier alpha value is -3.18. The zero-order valence-corrected chi connectivity index (χ0v) is 20.3. The van der Waals surface area contributed by atoms with E-state index in [2.05, 4.69) is 67.3 Å². The zero-order chi connectivity index (χ0) is 23.5. The van der Waals surface area contributed by atoms with E-state index in [1.807, 2.05) is 12.2 Å². The van der Waals surface area contributed by atoms with Gasteiger partial charge in [0.2, 0.25) is 0 Å². The topological polar surface area (TPSA) is 46.4 Å². The number of nitro benzene ring substituents is 1. The van der Waals surface area contributed by atoms with Gasteiger partial charge in [-0.3, -0.25) is 10.1 Å². The van der Waals surface area contributed by atoms with Gasteiger partial charge >= 0.3 is 0 Å². The van der Waals surface area contributed by atoms with Crippen LogP contribution in [0.5, 0.6) is 0 Å². The summed E-state index contributed by atoms with van der Waals surface area (Å²) in [7, 11) is 0. The summed E-state index contributed by atoms with van der Waals surface area (Å²) in [6.07, 6.45) is 13.2. The molecule has 33 heavy (non-hydrogen) atoms. The summed E-state index contributed by atoms with van der Waals surface area (Å²) >= 11 is 1.72. The first-order valence-corrected chi connectivity index (χ1v) is 12.5. The number of hydrogen-bond acceptors (Lipinski definition) is 4. The largest absolute Gasteiger partial charge is 0.372 e. The number of hydrogen-bond donors (Lipinski definition) is 0. The first kappa shape index (κ1) is 24.5. The van der Waals surface area contributed by atoms with Gasteiger partial charge < -0.3 is 4.90 Å². The fraction of sp³-hybridized carbons (Fsp3) is 0.286. The van der Waals surface area contributed by atoms with E-state index in [-0.39, 0.29) is 10.6 Å². The highest BCUT2D eigenvalue weighted by Gasteiger charge is 2.05. The minimum atomic E-state index is -0.381. The van der Waals surface area contributed by atoms with Crippen LogP contribution in [-0.4, -0.2) is 18.0 Å². The summed E-state index contributed by atoms with van der Waals surface area (Å²) in [5.41, 5.74) is 3.56. The fourth-order valence-electron chi connectivity index (χ4n) is 3.48. The van der Waals surface area contributed by atoms with Crippen molar-refractivity contribution >= 4 is 47.0 Å². The molecule has 0 bridgehead atoms. The lowest BCUT2D eigenvalue weighted by Crippen LogP contribution is -2.25. The third-order valence-corrected chi connectivity index (χ3v) is 6.47. The lowest BCUT2D eigenvalue weighted by atomic mass is 10.1. The summed E-state index contributed by atoms with van der Waals surface area (Å²) in [6, 6.07) is 19.6. The summed E-state index contributed by atoms with van der Waals surface area (Å²) in [4.78, 5) is 15.2. The Bertz CT molecular complexity index is 1060. The van der Waals surface area contributed by atoms with Gasteiger partial charge in [-0.15, -0.1) is 11.3 Å². The Morgan fingerprint density at radius 3 is 1.70 bits per heavy atom. The maximum atomic E-state index is 10.8. The standard InChI is InChI=1S/C28H32N2O2S/c1-3-5-21-29(22-6-4-2)25-13-7-23(8-14-25)11-17-27-19-20-28(33-27)18-12-24-9-15-26(16-10-24)30(31)32/h7-20H,3-6,21-22H2,1-2H3/b17-11+,18-12+. The average molecular weight is 461 g/mol. The Labute approximate surface area is 201 Å². The molecular weight excluding hydrogens is 428 g/mol. The van der Waals surface area contributed by atoms with Crippen LogP contribution in [0.25, 0.3) is 24.3 Å². The van der Waals surface area contributed by atoms with Gasteiger partial charge in [-0.25, -0.2) is 0 Å². The third kappa shape index (κ3) is 7.72. The Balaban J connectivity index is 1.60. The van der Waals surface area contributed by atoms with E-state index in [0.29, 0.717) is 0 Å². The van der Waals surface area contributed by atoms with Crippen LogP contribution < -0.4 is 4.90 Å². The maximum absolute atomic E-state index is 10.8. The number of thiophene rings is 1. The molecule has 0 saturated carbocycles. The molecule has 0 amide bonds. The van der Waals surface area contributed by atoms with Crippen molar-refractivity contribution in [1.29, 1.82) is 0 Å². The van der Waals surface area contributed by atoms with Gasteiger partial charge in [-0.1, -0.05) is 51.0 Å². The van der Waals surface area contributed by atoms with Gasteiger partial charge in [0.05, 0.1) is 4.92 Å². The second kappa shape index (κ2) is 12.8. The van der Waals surface area contributed by atoms with Crippen molar-refractivity contribution in [2.45, 2.75) is 39.5 Å². The van der Waals surface area contributed by atoms with Gasteiger partial charge in [-0.2, -0.15) is 0 Å². The monoisotopic (exact) mass is 460 g/mol. The first-order chi connectivity index (χ1) is 16.1. The summed E-state index contributed by atoms with van der Waals surface area (Å²) < 4.78 is 0. The zero-order valence-electron chi connectivity index (χ0n) is 19.4. The SMILES string of the molecule is CCCCN(CCCC)c1ccc(/C=C/c2ccc(/C=C/c3ccc([N+](=O)[O-])cc3)s2)cc1. The number of nitrogens with zero attached hydrogens (tertiary/aromatic N) is 2. The van der Waals surface area contributed by atoms with Gasteiger partial charge in [0.1, 0.15) is 0 Å². The first-order valence-electron chi connectivity index (χ1n) is 11.6. The molecule has 0 aliphatic heterocycles. The minimum absolute atomic E-state index is 0.110. The Morgan fingerprint density at radius 2 is 1.24 bits per heavy atom. The molecule has 0 saturated heterocycles. The molecule has 0 aliphatic carbocycles. The van der Waals surface area contributed by atoms with Crippen LogP contribution in [-0.2, 0) is 0 Å². The molecule has 1 aromatic heterocycles. The van der Waals surface area contributed by atoms with E-state index in [4.69, 9.17) is 0 Å². The Kier molecular flexibility index (Phi) is 9.45. The van der Waals surface area contributed by atoms with Crippen molar-refractivity contribution in [1.82, 2.24) is 0 Å². The van der Waals surface area contributed by atoms with Crippen molar-refractivity contribution in [2.75, 3.05) is 18.0 Å². The normalized spacial score (nSPS) is 11.5. The highest BCUT2D eigenvalue weighted by Crippen LogP contribution is 2.23. The van der Waals surface area contributed by atoms with Crippen LogP contribution in [0.15, 0.2) is 60.7 Å². The number of benzene rings is 2. The van der Waals surface area contributed by atoms with E-state index in [1.165, 1.54) is 53.9 Å². The molecule has 0 unspecified atom stereocenters. The number of anilines is 1. The van der Waals surface area contributed by atoms with Gasteiger partial charge in [-0.05, 0) is 72.5 Å². The van der Waals surface area contributed by atoms with Gasteiger partial charge in [0.15, 0.2) is 0 Å². The van der Waals surface area contributed by atoms with E-state index < -0.39 is 0 Å². The second-order valence-electron chi connectivity index (χ2n) is 8.04. The van der Waals surface area contributed by atoms with Gasteiger partial charge in [0.25, 0.3) is 5.69 Å². The molecule has 172 valence electrons. The number of unbranched alkanes of at least 4 members (excludes halogenated alkanes) is 2. The smallest absolute Gasteiger partial charge is 0.269 e. The third-order valence-electron chi connectivity index (χ3n) is 5.45. The van der Waals surface area contributed by atoms with Crippen LogP contribution >= 0.6 is 11.3 Å². The van der Waals surface area contributed by atoms with Crippen LogP contribution in [0.4, 0.5) is 11.4 Å². The predicted octanol–water partition coefficient (Wildman–Crippen LogP) is 8.40. The number of rotatable bonds is 12. The van der Waals surface area contributed by atoms with Crippen molar-refractivity contribution in [3.63, 3.8) is 0 Å². The lowest BCUT2D eigenvalue weighted by molar-refractivity contribution is -0.384. The molecule has 2 aromatic carbocycles. The van der Waals surface area contributed by atoms with E-state index in [0.717, 1.165) is 23.5 Å². The van der Waals surface area contributed by atoms with Crippen LogP contribution in [0.2, 0.25) is 0 Å². The van der Waals surface area contributed by atoms with Crippen molar-refractivity contribution in [2.24, 2.45) is 0 Å². The fourth-order valence-corrected chi connectivity index (χ4v) is 4.29. The molecule has 0 radical (unpaired) electrons. The van der Waals surface area contributed by atoms with E-state index >= 15 is 0 Å². The maximum Gasteiger partial charge on any atom is 0.269 e. The summed E-state index contributed by atoms with van der Waals surface area (Å²) in [5.74, 6) is 0. The highest BCUT2D eigenvalue weighted by molar-refractivity contribution is 7.13. The molecule has 5 heteroatoms. The van der Waals surface area contributed by atoms with Crippen LogP contribution in [0.1, 0.15) is 60.4 Å². The lowest BCUT2D eigenvalue weighted by Gasteiger charge is -2.24. The molecule has 0 aliphatic rings. The second-order valence-corrected chi connectivity index (χ2v) is 9.19. The molecule has 1 heterocycles. The number of non-ortho nitro benzene ring substituents is 1. The Morgan fingerprint density at radius 1 is 0.758 bits per heavy atom. The molecule has 3 rings (SSSR count). The molecule has 0 N–H and O–H groups in total. The van der Waals surface area contributed by atoms with Gasteiger partial charge in [0, 0.05) is 40.7 Å². The molecule has 0 spiro atoms. The molecule has 3 aromatic rings. The van der Waals surface area contributed by atoms with E-state index in [1.54, 1.807) is 23.5 Å². The van der Waals surface area contributed by atoms with Crippen molar-refractivity contribution in [3.05, 3.63) is 91.7 Å². The van der Waals surface area contributed by atoms with Crippen LogP contribution in [0, 0.1) is 10.1 Å². The highest BCUT2D eigenvalue weighted by atomic mass is 32.1. The van der Waals surface area contributed by atoms with E-state index in [9.17, 15) is 10.1 Å².